The Morgan fingerprint density at radius 2 is 2.06 bits per heavy atom. The first kappa shape index (κ1) is 20.4. The van der Waals surface area contributed by atoms with Crippen molar-refractivity contribution in [1.82, 2.24) is 19.7 Å². The van der Waals surface area contributed by atoms with Gasteiger partial charge in [0.05, 0.1) is 40.2 Å². The van der Waals surface area contributed by atoms with E-state index >= 15 is 0 Å². The van der Waals surface area contributed by atoms with Crippen LogP contribution in [0.4, 0.5) is 0 Å². The van der Waals surface area contributed by atoms with E-state index in [1.54, 1.807) is 16.0 Å². The molecule has 32 heavy (non-hydrogen) atoms. The Bertz CT molecular complexity index is 1310. The molecule has 3 fully saturated rings. The van der Waals surface area contributed by atoms with E-state index in [9.17, 15) is 13.2 Å². The second-order valence-corrected chi connectivity index (χ2v) is 12.5. The fraction of sp³-hybridized carbons (Fsp3) is 0.522. The summed E-state index contributed by atoms with van der Waals surface area (Å²) in [5.41, 5.74) is 3.03. The normalized spacial score (nSPS) is 25.1. The largest absolute Gasteiger partial charge is 0.331 e. The van der Waals surface area contributed by atoms with Crippen molar-refractivity contribution in [2.75, 3.05) is 18.1 Å². The minimum absolute atomic E-state index is 0.0388. The van der Waals surface area contributed by atoms with Gasteiger partial charge in [-0.25, -0.2) is 18.1 Å². The van der Waals surface area contributed by atoms with E-state index in [0.717, 1.165) is 49.0 Å². The van der Waals surface area contributed by atoms with Crippen molar-refractivity contribution in [3.63, 3.8) is 0 Å². The molecule has 2 saturated heterocycles. The molecule has 3 aromatic heterocycles. The number of carbonyl (C=O) groups is 1. The molecule has 1 amide bonds. The van der Waals surface area contributed by atoms with Crippen molar-refractivity contribution in [2.45, 2.75) is 57.0 Å². The van der Waals surface area contributed by atoms with Crippen LogP contribution in [0.1, 0.15) is 76.7 Å². The van der Waals surface area contributed by atoms with Crippen LogP contribution in [0.25, 0.3) is 11.0 Å². The molecule has 1 aliphatic carbocycles. The summed E-state index contributed by atoms with van der Waals surface area (Å²) in [6, 6.07) is 6.04. The third-order valence-corrected chi connectivity index (χ3v) is 9.75. The molecule has 0 radical (unpaired) electrons. The van der Waals surface area contributed by atoms with E-state index in [1.807, 2.05) is 24.0 Å². The van der Waals surface area contributed by atoms with Gasteiger partial charge in [0.25, 0.3) is 5.91 Å². The Balaban J connectivity index is 1.47. The molecule has 0 unspecified atom stereocenters. The van der Waals surface area contributed by atoms with Gasteiger partial charge in [-0.2, -0.15) is 5.10 Å². The second kappa shape index (κ2) is 7.38. The van der Waals surface area contributed by atoms with Crippen molar-refractivity contribution in [3.05, 3.63) is 45.4 Å². The smallest absolute Gasteiger partial charge is 0.255 e. The monoisotopic (exact) mass is 470 g/mol. The maximum absolute atomic E-state index is 13.9. The van der Waals surface area contributed by atoms with Gasteiger partial charge >= 0.3 is 0 Å². The maximum atomic E-state index is 13.9. The highest BCUT2D eigenvalue weighted by Crippen LogP contribution is 2.42. The predicted molar refractivity (Wildman–Crippen MR) is 124 cm³/mol. The lowest BCUT2D eigenvalue weighted by molar-refractivity contribution is 0.0739. The Morgan fingerprint density at radius 3 is 2.75 bits per heavy atom. The van der Waals surface area contributed by atoms with Gasteiger partial charge in [-0.3, -0.25) is 4.79 Å². The molecule has 0 bridgehead atoms. The third-order valence-electron chi connectivity index (χ3n) is 7.02. The van der Waals surface area contributed by atoms with Crippen LogP contribution in [-0.4, -0.2) is 52.0 Å². The topological polar surface area (TPSA) is 85.2 Å². The van der Waals surface area contributed by atoms with Gasteiger partial charge in [0.2, 0.25) is 0 Å². The standard InChI is InChI=1S/C23H26N4O3S2/c1-14-21-17(23(28)26-9-2-4-19(26)20-5-3-10-31-20)12-18(15-6-7-15)24-22(21)27(25-14)16-8-11-32(29,30)13-16/h3,5,10,12,15-16,19H,2,4,6-9,11,13H2,1H3/t16-,19+/m1/s1. The van der Waals surface area contributed by atoms with Crippen LogP contribution >= 0.6 is 11.3 Å². The number of hydrogen-bond donors (Lipinski definition) is 0. The van der Waals surface area contributed by atoms with Crippen molar-refractivity contribution >= 4 is 38.1 Å². The molecule has 2 atom stereocenters. The minimum Gasteiger partial charge on any atom is -0.331 e. The summed E-state index contributed by atoms with van der Waals surface area (Å²) in [5, 5.41) is 7.56. The summed E-state index contributed by atoms with van der Waals surface area (Å²) in [4.78, 5) is 22.1. The fourth-order valence-corrected chi connectivity index (χ4v) is 7.82. The summed E-state index contributed by atoms with van der Waals surface area (Å²) in [6.07, 6.45) is 4.69. The number of amides is 1. The van der Waals surface area contributed by atoms with Crippen LogP contribution in [-0.2, 0) is 9.84 Å². The molecule has 7 nitrogen and oxygen atoms in total. The van der Waals surface area contributed by atoms with Crippen molar-refractivity contribution in [2.24, 2.45) is 0 Å². The highest BCUT2D eigenvalue weighted by Gasteiger charge is 2.36. The number of aromatic nitrogens is 3. The summed E-state index contributed by atoms with van der Waals surface area (Å²) < 4.78 is 26.0. The first-order valence-electron chi connectivity index (χ1n) is 11.4. The number of sulfone groups is 1. The first-order chi connectivity index (χ1) is 15.4. The van der Waals surface area contributed by atoms with E-state index in [0.29, 0.717) is 23.5 Å². The van der Waals surface area contributed by atoms with E-state index in [4.69, 9.17) is 10.1 Å². The quantitative estimate of drug-likeness (QED) is 0.575. The Labute approximate surface area is 191 Å². The van der Waals surface area contributed by atoms with Crippen LogP contribution in [0.5, 0.6) is 0 Å². The lowest BCUT2D eigenvalue weighted by Crippen LogP contribution is -2.30. The summed E-state index contributed by atoms with van der Waals surface area (Å²) >= 11 is 1.70. The number of thiophene rings is 1. The molecular formula is C23H26N4O3S2. The maximum Gasteiger partial charge on any atom is 0.255 e. The van der Waals surface area contributed by atoms with E-state index in [1.165, 1.54) is 4.88 Å². The molecular weight excluding hydrogens is 444 g/mol. The van der Waals surface area contributed by atoms with Crippen LogP contribution in [0, 0.1) is 6.92 Å². The molecule has 3 aliphatic rings. The number of likely N-dealkylation sites (tertiary alicyclic amines) is 1. The number of rotatable bonds is 4. The van der Waals surface area contributed by atoms with Gasteiger partial charge in [-0.1, -0.05) is 6.07 Å². The highest BCUT2D eigenvalue weighted by molar-refractivity contribution is 7.91. The zero-order chi connectivity index (χ0) is 22.0. The van der Waals surface area contributed by atoms with Crippen LogP contribution < -0.4 is 0 Å². The zero-order valence-electron chi connectivity index (χ0n) is 18.0. The average molecular weight is 471 g/mol. The van der Waals surface area contributed by atoms with Crippen LogP contribution in [0.3, 0.4) is 0 Å². The predicted octanol–water partition coefficient (Wildman–Crippen LogP) is 4.02. The van der Waals surface area contributed by atoms with Crippen molar-refractivity contribution < 1.29 is 13.2 Å². The zero-order valence-corrected chi connectivity index (χ0v) is 19.7. The van der Waals surface area contributed by atoms with Gasteiger partial charge in [0, 0.05) is 23.0 Å². The molecule has 0 spiro atoms. The Hall–Kier alpha value is -2.26. The molecule has 0 aromatic carbocycles. The molecule has 168 valence electrons. The summed E-state index contributed by atoms with van der Waals surface area (Å²) in [6.45, 7) is 2.65. The number of pyridine rings is 1. The number of carbonyl (C=O) groups excluding carboxylic acids is 1. The lowest BCUT2D eigenvalue weighted by Gasteiger charge is -2.24. The number of fused-ring (bicyclic) bond motifs is 1. The lowest BCUT2D eigenvalue weighted by atomic mass is 10.1. The minimum atomic E-state index is -3.05. The van der Waals surface area contributed by atoms with Crippen LogP contribution in [0.2, 0.25) is 0 Å². The molecule has 9 heteroatoms. The molecule has 6 rings (SSSR count). The van der Waals surface area contributed by atoms with E-state index < -0.39 is 9.84 Å². The van der Waals surface area contributed by atoms with Gasteiger partial charge in [0.15, 0.2) is 15.5 Å². The molecule has 5 heterocycles. The van der Waals surface area contributed by atoms with Crippen molar-refractivity contribution in [1.29, 1.82) is 0 Å². The molecule has 3 aromatic rings. The van der Waals surface area contributed by atoms with Gasteiger partial charge < -0.3 is 4.90 Å². The van der Waals surface area contributed by atoms with Gasteiger partial charge in [-0.05, 0) is 56.5 Å². The first-order valence-corrected chi connectivity index (χ1v) is 14.1. The van der Waals surface area contributed by atoms with E-state index in [-0.39, 0.29) is 29.5 Å². The molecule has 2 aliphatic heterocycles. The number of aryl methyl sites for hydroxylation is 1. The fourth-order valence-electron chi connectivity index (χ4n) is 5.25. The highest BCUT2D eigenvalue weighted by atomic mass is 32.2. The van der Waals surface area contributed by atoms with Crippen LogP contribution in [0.15, 0.2) is 23.6 Å². The third kappa shape index (κ3) is 3.37. The summed E-state index contributed by atoms with van der Waals surface area (Å²) in [7, 11) is -3.05. The Morgan fingerprint density at radius 1 is 1.22 bits per heavy atom. The number of nitrogens with zero attached hydrogens (tertiary/aromatic N) is 4. The summed E-state index contributed by atoms with van der Waals surface area (Å²) in [5.74, 6) is 0.696. The average Bonchev–Trinajstić information content (AvgIpc) is 3.15. The Kier molecular flexibility index (Phi) is 4.69. The number of hydrogen-bond acceptors (Lipinski definition) is 6. The second-order valence-electron chi connectivity index (χ2n) is 9.33. The van der Waals surface area contributed by atoms with Gasteiger partial charge in [-0.15, -0.1) is 11.3 Å². The van der Waals surface area contributed by atoms with E-state index in [2.05, 4.69) is 11.4 Å². The molecule has 1 saturated carbocycles. The SMILES string of the molecule is Cc1nn([C@@H]2CCS(=O)(=O)C2)c2nc(C3CC3)cc(C(=O)N3CCC[C@H]3c3cccs3)c12. The van der Waals surface area contributed by atoms with Gasteiger partial charge in [0.1, 0.15) is 0 Å². The molecule has 0 N–H and O–H groups in total. The van der Waals surface area contributed by atoms with Crippen molar-refractivity contribution in [3.8, 4) is 0 Å².